The van der Waals surface area contributed by atoms with Crippen LogP contribution in [0.5, 0.6) is 0 Å². The SMILES string of the molecule is C=CCOC(=O)N[C@@H](CCC(F)F)C(=O)O. The number of ether oxygens (including phenoxy) is 1. The minimum atomic E-state index is -2.60. The van der Waals surface area contributed by atoms with Gasteiger partial charge in [0.1, 0.15) is 12.6 Å². The average Bonchev–Trinajstić information content (AvgIpc) is 2.20. The highest BCUT2D eigenvalue weighted by molar-refractivity contribution is 5.79. The zero-order valence-corrected chi connectivity index (χ0v) is 8.49. The number of nitrogens with one attached hydrogen (secondary N) is 1. The topological polar surface area (TPSA) is 75.6 Å². The smallest absolute Gasteiger partial charge is 0.408 e. The number of carbonyl (C=O) groups excluding carboxylic acids is 1. The van der Waals surface area contributed by atoms with E-state index in [1.54, 1.807) is 0 Å². The monoisotopic (exact) mass is 237 g/mol. The predicted molar refractivity (Wildman–Crippen MR) is 51.3 cm³/mol. The van der Waals surface area contributed by atoms with Gasteiger partial charge in [0, 0.05) is 6.42 Å². The van der Waals surface area contributed by atoms with Crippen LogP contribution in [0.25, 0.3) is 0 Å². The molecule has 7 heteroatoms. The highest BCUT2D eigenvalue weighted by Gasteiger charge is 2.21. The fraction of sp³-hybridized carbons (Fsp3) is 0.556. The zero-order valence-electron chi connectivity index (χ0n) is 8.49. The maximum absolute atomic E-state index is 11.8. The number of rotatable bonds is 7. The highest BCUT2D eigenvalue weighted by Crippen LogP contribution is 2.06. The largest absolute Gasteiger partial charge is 0.480 e. The maximum Gasteiger partial charge on any atom is 0.408 e. The van der Waals surface area contributed by atoms with E-state index in [0.717, 1.165) is 0 Å². The Morgan fingerprint density at radius 3 is 2.50 bits per heavy atom. The van der Waals surface area contributed by atoms with E-state index in [1.165, 1.54) is 6.08 Å². The van der Waals surface area contributed by atoms with Crippen molar-refractivity contribution >= 4 is 12.1 Å². The van der Waals surface area contributed by atoms with E-state index >= 15 is 0 Å². The molecule has 16 heavy (non-hydrogen) atoms. The Hall–Kier alpha value is -1.66. The molecule has 0 rings (SSSR count). The van der Waals surface area contributed by atoms with Crippen molar-refractivity contribution in [2.45, 2.75) is 25.3 Å². The predicted octanol–water partition coefficient (Wildman–Crippen LogP) is 1.40. The zero-order chi connectivity index (χ0) is 12.6. The van der Waals surface area contributed by atoms with Crippen molar-refractivity contribution < 1.29 is 28.2 Å². The third-order valence-electron chi connectivity index (χ3n) is 1.60. The summed E-state index contributed by atoms with van der Waals surface area (Å²) < 4.78 is 28.2. The second-order valence-corrected chi connectivity index (χ2v) is 2.89. The first-order chi connectivity index (χ1) is 7.47. The van der Waals surface area contributed by atoms with Crippen LogP contribution in [0.15, 0.2) is 12.7 Å². The number of amides is 1. The Kier molecular flexibility index (Phi) is 6.82. The fourth-order valence-corrected chi connectivity index (χ4v) is 0.869. The number of carboxylic acid groups (broad SMARTS) is 1. The van der Waals surface area contributed by atoms with E-state index in [9.17, 15) is 18.4 Å². The molecule has 0 fully saturated rings. The molecule has 0 aliphatic heterocycles. The van der Waals surface area contributed by atoms with Crippen LogP contribution in [0.3, 0.4) is 0 Å². The number of alkyl halides is 2. The third-order valence-corrected chi connectivity index (χ3v) is 1.60. The van der Waals surface area contributed by atoms with Gasteiger partial charge in [0.25, 0.3) is 0 Å². The molecule has 0 unspecified atom stereocenters. The van der Waals surface area contributed by atoms with Crippen LogP contribution in [0.4, 0.5) is 13.6 Å². The molecule has 0 aliphatic rings. The summed E-state index contributed by atoms with van der Waals surface area (Å²) in [7, 11) is 0. The van der Waals surface area contributed by atoms with Gasteiger partial charge in [0.15, 0.2) is 0 Å². The lowest BCUT2D eigenvalue weighted by atomic mass is 10.1. The van der Waals surface area contributed by atoms with Crippen LogP contribution in [-0.4, -0.2) is 36.2 Å². The summed E-state index contributed by atoms with van der Waals surface area (Å²) in [6, 6.07) is -1.37. The van der Waals surface area contributed by atoms with Gasteiger partial charge in [-0.25, -0.2) is 18.4 Å². The van der Waals surface area contributed by atoms with Crippen molar-refractivity contribution in [3.63, 3.8) is 0 Å². The van der Waals surface area contributed by atoms with Crippen molar-refractivity contribution in [1.82, 2.24) is 5.32 Å². The van der Waals surface area contributed by atoms with Gasteiger partial charge in [-0.05, 0) is 6.42 Å². The van der Waals surface area contributed by atoms with Gasteiger partial charge in [-0.3, -0.25) is 0 Å². The normalized spacial score (nSPS) is 11.9. The van der Waals surface area contributed by atoms with Crippen molar-refractivity contribution in [3.8, 4) is 0 Å². The molecule has 5 nitrogen and oxygen atoms in total. The van der Waals surface area contributed by atoms with Crippen molar-refractivity contribution in [1.29, 1.82) is 0 Å². The van der Waals surface area contributed by atoms with Crippen molar-refractivity contribution in [2.75, 3.05) is 6.61 Å². The van der Waals surface area contributed by atoms with Gasteiger partial charge in [-0.1, -0.05) is 12.7 Å². The van der Waals surface area contributed by atoms with Crippen molar-refractivity contribution in [2.24, 2.45) is 0 Å². The van der Waals surface area contributed by atoms with E-state index in [4.69, 9.17) is 5.11 Å². The molecule has 1 amide bonds. The van der Waals surface area contributed by atoms with Gasteiger partial charge in [0.2, 0.25) is 6.43 Å². The average molecular weight is 237 g/mol. The molecule has 0 radical (unpaired) electrons. The minimum absolute atomic E-state index is 0.0764. The number of alkyl carbamates (subject to hydrolysis) is 1. The first-order valence-electron chi connectivity index (χ1n) is 4.52. The maximum atomic E-state index is 11.8. The van der Waals surface area contributed by atoms with Crippen LogP contribution in [0.2, 0.25) is 0 Å². The number of hydrogen-bond acceptors (Lipinski definition) is 3. The summed E-state index contributed by atoms with van der Waals surface area (Å²) in [5, 5.41) is 10.6. The third kappa shape index (κ3) is 6.74. The van der Waals surface area contributed by atoms with Gasteiger partial charge in [-0.2, -0.15) is 0 Å². The molecule has 1 atom stereocenters. The van der Waals surface area contributed by atoms with Crippen LogP contribution in [0, 0.1) is 0 Å². The second-order valence-electron chi connectivity index (χ2n) is 2.89. The number of aliphatic carboxylic acids is 1. The molecule has 0 aromatic carbocycles. The van der Waals surface area contributed by atoms with Crippen molar-refractivity contribution in [3.05, 3.63) is 12.7 Å². The molecular formula is C9H13F2NO4. The molecule has 92 valence electrons. The van der Waals surface area contributed by atoms with Gasteiger partial charge in [0.05, 0.1) is 0 Å². The van der Waals surface area contributed by atoms with E-state index in [1.807, 2.05) is 5.32 Å². The molecule has 0 spiro atoms. The fourth-order valence-electron chi connectivity index (χ4n) is 0.869. The van der Waals surface area contributed by atoms with Crippen LogP contribution >= 0.6 is 0 Å². The quantitative estimate of drug-likeness (QED) is 0.656. The molecule has 0 heterocycles. The standard InChI is InChI=1S/C9H13F2NO4/c1-2-5-16-9(15)12-6(8(13)14)3-4-7(10)11/h2,6-7H,1,3-5H2,(H,12,15)(H,13,14)/t6-/m0/s1. The summed E-state index contributed by atoms with van der Waals surface area (Å²) in [4.78, 5) is 21.5. The summed E-state index contributed by atoms with van der Waals surface area (Å²) >= 11 is 0. The number of carbonyl (C=O) groups is 2. The number of hydrogen-bond donors (Lipinski definition) is 2. The van der Waals surface area contributed by atoms with Gasteiger partial charge in [-0.15, -0.1) is 0 Å². The lowest BCUT2D eigenvalue weighted by molar-refractivity contribution is -0.139. The minimum Gasteiger partial charge on any atom is -0.480 e. The van der Waals surface area contributed by atoms with E-state index in [2.05, 4.69) is 11.3 Å². The van der Waals surface area contributed by atoms with Crippen LogP contribution in [-0.2, 0) is 9.53 Å². The van der Waals surface area contributed by atoms with E-state index < -0.39 is 31.0 Å². The molecule has 0 saturated heterocycles. The first-order valence-corrected chi connectivity index (χ1v) is 4.52. The Balaban J connectivity index is 4.07. The highest BCUT2D eigenvalue weighted by atomic mass is 19.3. The Morgan fingerprint density at radius 2 is 2.06 bits per heavy atom. The van der Waals surface area contributed by atoms with Gasteiger partial charge >= 0.3 is 12.1 Å². The molecular weight excluding hydrogens is 224 g/mol. The summed E-state index contributed by atoms with van der Waals surface area (Å²) in [5.74, 6) is -1.38. The number of carboxylic acids is 1. The number of halogens is 2. The summed E-state index contributed by atoms with van der Waals surface area (Å²) in [6.07, 6.45) is -3.22. The molecule has 0 saturated carbocycles. The summed E-state index contributed by atoms with van der Waals surface area (Å²) in [5.41, 5.74) is 0. The van der Waals surface area contributed by atoms with Gasteiger partial charge < -0.3 is 15.2 Å². The van der Waals surface area contributed by atoms with Crippen LogP contribution in [0.1, 0.15) is 12.8 Å². The second kappa shape index (κ2) is 7.61. The molecule has 0 aliphatic carbocycles. The first kappa shape index (κ1) is 14.3. The lowest BCUT2D eigenvalue weighted by Gasteiger charge is -2.13. The lowest BCUT2D eigenvalue weighted by Crippen LogP contribution is -2.41. The Bertz CT molecular complexity index is 258. The molecule has 0 aromatic heterocycles. The Morgan fingerprint density at radius 1 is 1.44 bits per heavy atom. The summed E-state index contributed by atoms with van der Waals surface area (Å²) in [6.45, 7) is 3.21. The van der Waals surface area contributed by atoms with Crippen LogP contribution < -0.4 is 5.32 Å². The van der Waals surface area contributed by atoms with E-state index in [-0.39, 0.29) is 13.0 Å². The Labute approximate surface area is 91.1 Å². The molecule has 0 bridgehead atoms. The molecule has 0 aromatic rings. The molecule has 2 N–H and O–H groups in total. The van der Waals surface area contributed by atoms with E-state index in [0.29, 0.717) is 0 Å².